The molecule has 0 radical (unpaired) electrons. The van der Waals surface area contributed by atoms with Gasteiger partial charge in [0, 0.05) is 36.0 Å². The van der Waals surface area contributed by atoms with Crippen LogP contribution in [0.3, 0.4) is 0 Å². The highest BCUT2D eigenvalue weighted by atomic mass is 35.5. The van der Waals surface area contributed by atoms with E-state index in [0.29, 0.717) is 0 Å². The van der Waals surface area contributed by atoms with E-state index < -0.39 is 10.0 Å². The largest absolute Gasteiger partial charge is 0.264 e. The maximum absolute atomic E-state index is 12.4. The van der Waals surface area contributed by atoms with Crippen molar-refractivity contribution in [2.24, 2.45) is 0 Å². The maximum atomic E-state index is 12.4. The van der Waals surface area contributed by atoms with Gasteiger partial charge < -0.3 is 0 Å². The van der Waals surface area contributed by atoms with Crippen molar-refractivity contribution < 1.29 is 8.42 Å². The lowest BCUT2D eigenvalue weighted by molar-refractivity contribution is 0.466. The van der Waals surface area contributed by atoms with Crippen molar-refractivity contribution in [3.63, 3.8) is 0 Å². The van der Waals surface area contributed by atoms with Gasteiger partial charge in [-0.25, -0.2) is 8.42 Å². The Bertz CT molecular complexity index is 685. The van der Waals surface area contributed by atoms with Crippen LogP contribution in [0, 0.1) is 0 Å². The Balaban J connectivity index is 2.30. The van der Waals surface area contributed by atoms with E-state index in [-0.39, 0.29) is 21.5 Å². The molecule has 0 aliphatic rings. The van der Waals surface area contributed by atoms with Crippen LogP contribution in [0.5, 0.6) is 0 Å². The predicted molar refractivity (Wildman–Crippen MR) is 79.4 cm³/mol. The number of halogens is 2. The summed E-state index contributed by atoms with van der Waals surface area (Å²) in [6.07, 6.45) is 3.26. The molecular formula is C13H12Cl2N2O2S. The fraction of sp³-hybridized carbons (Fsp3) is 0.154. The van der Waals surface area contributed by atoms with E-state index in [4.69, 9.17) is 23.2 Å². The number of hydrogen-bond acceptors (Lipinski definition) is 3. The lowest BCUT2D eigenvalue weighted by Crippen LogP contribution is -2.26. The third-order valence-electron chi connectivity index (χ3n) is 2.67. The minimum absolute atomic E-state index is 0.0707. The monoisotopic (exact) mass is 330 g/mol. The van der Waals surface area contributed by atoms with Crippen LogP contribution in [0.15, 0.2) is 47.6 Å². The molecule has 20 heavy (non-hydrogen) atoms. The summed E-state index contributed by atoms with van der Waals surface area (Å²) < 4.78 is 26.1. The molecule has 2 aromatic rings. The number of sulfonamides is 1. The Kier molecular flexibility index (Phi) is 4.65. The first-order chi connectivity index (χ1) is 9.39. The number of benzene rings is 1. The molecule has 0 atom stereocenters. The number of rotatable bonds is 4. The molecule has 0 aliphatic heterocycles. The van der Waals surface area contributed by atoms with Gasteiger partial charge in [0.05, 0.1) is 4.90 Å². The first-order valence-electron chi connectivity index (χ1n) is 5.71. The SMILES string of the molecule is CN(Cc1cccnc1)S(=O)(=O)c1cc(Cl)cc(Cl)c1. The number of hydrogen-bond donors (Lipinski definition) is 0. The second-order valence-corrected chi connectivity index (χ2v) is 7.15. The molecule has 2 rings (SSSR count). The highest BCUT2D eigenvalue weighted by molar-refractivity contribution is 7.89. The Labute approximate surface area is 128 Å². The minimum atomic E-state index is -3.65. The summed E-state index contributed by atoms with van der Waals surface area (Å²) in [4.78, 5) is 4.03. The van der Waals surface area contributed by atoms with Crippen LogP contribution in [-0.4, -0.2) is 24.8 Å². The molecule has 1 heterocycles. The van der Waals surface area contributed by atoms with Crippen LogP contribution in [0.25, 0.3) is 0 Å². The van der Waals surface area contributed by atoms with Crippen LogP contribution in [0.2, 0.25) is 10.0 Å². The second-order valence-electron chi connectivity index (χ2n) is 4.23. The topological polar surface area (TPSA) is 50.3 Å². The molecular weight excluding hydrogens is 319 g/mol. The van der Waals surface area contributed by atoms with Gasteiger partial charge >= 0.3 is 0 Å². The zero-order valence-corrected chi connectivity index (χ0v) is 13.0. The van der Waals surface area contributed by atoms with Gasteiger partial charge in [-0.15, -0.1) is 0 Å². The van der Waals surface area contributed by atoms with E-state index >= 15 is 0 Å². The van der Waals surface area contributed by atoms with Gasteiger partial charge in [-0.1, -0.05) is 29.3 Å². The molecule has 0 unspecified atom stereocenters. The molecule has 1 aromatic carbocycles. The molecule has 106 valence electrons. The van der Waals surface area contributed by atoms with E-state index in [0.717, 1.165) is 5.56 Å². The lowest BCUT2D eigenvalue weighted by Gasteiger charge is -2.17. The summed E-state index contributed by atoms with van der Waals surface area (Å²) in [6, 6.07) is 7.81. The molecule has 0 bridgehead atoms. The van der Waals surface area contributed by atoms with Crippen molar-refractivity contribution >= 4 is 33.2 Å². The van der Waals surface area contributed by atoms with E-state index in [2.05, 4.69) is 4.98 Å². The summed E-state index contributed by atoms with van der Waals surface area (Å²) in [6.45, 7) is 0.223. The quantitative estimate of drug-likeness (QED) is 0.864. The zero-order chi connectivity index (χ0) is 14.8. The van der Waals surface area contributed by atoms with Crippen molar-refractivity contribution in [1.82, 2.24) is 9.29 Å². The Morgan fingerprint density at radius 1 is 1.20 bits per heavy atom. The van der Waals surface area contributed by atoms with Crippen molar-refractivity contribution in [2.45, 2.75) is 11.4 Å². The van der Waals surface area contributed by atoms with Crippen molar-refractivity contribution in [3.05, 3.63) is 58.3 Å². The molecule has 0 aliphatic carbocycles. The third-order valence-corrected chi connectivity index (χ3v) is 4.89. The van der Waals surface area contributed by atoms with Gasteiger partial charge in [0.25, 0.3) is 0 Å². The minimum Gasteiger partial charge on any atom is -0.264 e. The van der Waals surface area contributed by atoms with Gasteiger partial charge in [0.15, 0.2) is 0 Å². The van der Waals surface area contributed by atoms with Crippen LogP contribution >= 0.6 is 23.2 Å². The number of aromatic nitrogens is 1. The van der Waals surface area contributed by atoms with E-state index in [9.17, 15) is 8.42 Å². The van der Waals surface area contributed by atoms with Gasteiger partial charge in [-0.2, -0.15) is 4.31 Å². The third kappa shape index (κ3) is 3.49. The number of pyridine rings is 1. The van der Waals surface area contributed by atoms with E-state index in [1.165, 1.54) is 29.6 Å². The average Bonchev–Trinajstić information content (AvgIpc) is 2.38. The smallest absolute Gasteiger partial charge is 0.243 e. The van der Waals surface area contributed by atoms with Crippen molar-refractivity contribution in [1.29, 1.82) is 0 Å². The first-order valence-corrected chi connectivity index (χ1v) is 7.90. The summed E-state index contributed by atoms with van der Waals surface area (Å²) in [5.41, 5.74) is 0.798. The highest BCUT2D eigenvalue weighted by Gasteiger charge is 2.21. The molecule has 0 spiro atoms. The molecule has 0 amide bonds. The molecule has 0 saturated heterocycles. The van der Waals surface area contributed by atoms with Gasteiger partial charge in [0.1, 0.15) is 0 Å². The van der Waals surface area contributed by atoms with Gasteiger partial charge in [-0.3, -0.25) is 4.98 Å². The van der Waals surface area contributed by atoms with Crippen LogP contribution in [0.1, 0.15) is 5.56 Å². The summed E-state index contributed by atoms with van der Waals surface area (Å²) in [5.74, 6) is 0. The van der Waals surface area contributed by atoms with Crippen molar-refractivity contribution in [2.75, 3.05) is 7.05 Å². The Morgan fingerprint density at radius 3 is 2.40 bits per heavy atom. The average molecular weight is 331 g/mol. The van der Waals surface area contributed by atoms with Gasteiger partial charge in [0.2, 0.25) is 10.0 Å². The highest BCUT2D eigenvalue weighted by Crippen LogP contribution is 2.24. The van der Waals surface area contributed by atoms with E-state index in [1.54, 1.807) is 18.5 Å². The fourth-order valence-corrected chi connectivity index (χ4v) is 3.58. The number of nitrogens with zero attached hydrogens (tertiary/aromatic N) is 2. The molecule has 4 nitrogen and oxygen atoms in total. The molecule has 0 saturated carbocycles. The fourth-order valence-electron chi connectivity index (χ4n) is 1.69. The molecule has 0 N–H and O–H groups in total. The molecule has 0 fully saturated rings. The maximum Gasteiger partial charge on any atom is 0.243 e. The van der Waals surface area contributed by atoms with Crippen molar-refractivity contribution in [3.8, 4) is 0 Å². The zero-order valence-electron chi connectivity index (χ0n) is 10.6. The van der Waals surface area contributed by atoms with E-state index in [1.807, 2.05) is 6.07 Å². The molecule has 1 aromatic heterocycles. The standard InChI is InChI=1S/C13H12Cl2N2O2S/c1-17(9-10-3-2-4-16-8-10)20(18,19)13-6-11(14)5-12(15)7-13/h2-8H,9H2,1H3. The Morgan fingerprint density at radius 2 is 1.85 bits per heavy atom. The normalized spacial score (nSPS) is 11.8. The molecule has 7 heteroatoms. The van der Waals surface area contributed by atoms with Gasteiger partial charge in [-0.05, 0) is 29.8 Å². The van der Waals surface area contributed by atoms with Crippen LogP contribution < -0.4 is 0 Å². The Hall–Kier alpha value is -1.14. The summed E-state index contributed by atoms with van der Waals surface area (Å²) >= 11 is 11.7. The predicted octanol–water partition coefficient (Wildman–Crippen LogP) is 3.21. The second kappa shape index (κ2) is 6.10. The summed E-state index contributed by atoms with van der Waals surface area (Å²) in [7, 11) is -2.15. The lowest BCUT2D eigenvalue weighted by atomic mass is 10.3. The van der Waals surface area contributed by atoms with Crippen LogP contribution in [0.4, 0.5) is 0 Å². The first kappa shape index (κ1) is 15.3. The summed E-state index contributed by atoms with van der Waals surface area (Å²) in [5, 5.41) is 0.566. The van der Waals surface area contributed by atoms with Crippen LogP contribution in [-0.2, 0) is 16.6 Å².